The van der Waals surface area contributed by atoms with Crippen LogP contribution in [0.15, 0.2) is 72.8 Å². The largest absolute Gasteiger partial charge is 0.483 e. The van der Waals surface area contributed by atoms with E-state index < -0.39 is 36.0 Å². The fraction of sp³-hybridized carbons (Fsp3) is 0.439. The maximum atomic E-state index is 13.3. The van der Waals surface area contributed by atoms with E-state index in [0.29, 0.717) is 37.2 Å². The first-order chi connectivity index (χ1) is 25.6. The van der Waals surface area contributed by atoms with Gasteiger partial charge < -0.3 is 35.4 Å². The second-order valence-corrected chi connectivity index (χ2v) is 15.0. The van der Waals surface area contributed by atoms with E-state index in [1.165, 1.54) is 17.0 Å². The predicted octanol–water partition coefficient (Wildman–Crippen LogP) is 5.37. The van der Waals surface area contributed by atoms with Crippen LogP contribution in [0.25, 0.3) is 0 Å². The second kappa shape index (κ2) is 19.0. The number of carbonyl (C=O) groups is 5. The van der Waals surface area contributed by atoms with Crippen molar-refractivity contribution >= 4 is 29.8 Å². The lowest BCUT2D eigenvalue weighted by molar-refractivity contribution is -0.142. The van der Waals surface area contributed by atoms with Gasteiger partial charge in [-0.25, -0.2) is 14.0 Å². The zero-order valence-electron chi connectivity index (χ0n) is 31.5. The van der Waals surface area contributed by atoms with Gasteiger partial charge in [-0.2, -0.15) is 0 Å². The average molecular weight is 747 g/mol. The Labute approximate surface area is 315 Å². The molecule has 2 atom stereocenters. The van der Waals surface area contributed by atoms with Gasteiger partial charge in [0.15, 0.2) is 6.61 Å². The van der Waals surface area contributed by atoms with Crippen molar-refractivity contribution in [1.82, 2.24) is 20.9 Å². The third kappa shape index (κ3) is 12.6. The molecule has 54 heavy (non-hydrogen) atoms. The number of piperidine rings is 1. The molecular formula is C41H51FN4O8. The van der Waals surface area contributed by atoms with E-state index in [4.69, 9.17) is 9.47 Å². The summed E-state index contributed by atoms with van der Waals surface area (Å²) in [4.78, 5) is 65.5. The van der Waals surface area contributed by atoms with E-state index >= 15 is 0 Å². The van der Waals surface area contributed by atoms with E-state index in [-0.39, 0.29) is 60.7 Å². The first-order valence-corrected chi connectivity index (χ1v) is 18.2. The normalized spacial score (nSPS) is 14.5. The maximum Gasteiger partial charge on any atom is 0.415 e. The lowest BCUT2D eigenvalue weighted by Gasteiger charge is -2.30. The number of halogens is 1. The number of carboxylic acid groups (broad SMARTS) is 1. The molecule has 0 saturated carbocycles. The molecule has 0 aliphatic carbocycles. The Kier molecular flexibility index (Phi) is 14.6. The van der Waals surface area contributed by atoms with Gasteiger partial charge in [-0.1, -0.05) is 77.1 Å². The van der Waals surface area contributed by atoms with Gasteiger partial charge in [-0.05, 0) is 77.6 Å². The molecule has 0 aromatic heterocycles. The van der Waals surface area contributed by atoms with Crippen LogP contribution in [-0.2, 0) is 37.6 Å². The first kappa shape index (κ1) is 41.3. The van der Waals surface area contributed by atoms with Crippen LogP contribution in [0.2, 0.25) is 0 Å². The van der Waals surface area contributed by atoms with Crippen LogP contribution in [0, 0.1) is 17.7 Å². The van der Waals surface area contributed by atoms with E-state index in [9.17, 15) is 33.5 Å². The molecule has 0 bridgehead atoms. The third-order valence-electron chi connectivity index (χ3n) is 9.10. The van der Waals surface area contributed by atoms with Gasteiger partial charge in [0.2, 0.25) is 11.8 Å². The lowest BCUT2D eigenvalue weighted by Crippen LogP contribution is -2.53. The van der Waals surface area contributed by atoms with Crippen LogP contribution in [0.4, 0.5) is 9.18 Å². The topological polar surface area (TPSA) is 163 Å². The summed E-state index contributed by atoms with van der Waals surface area (Å²) in [7, 11) is 0. The molecule has 4 rings (SSSR count). The average Bonchev–Trinajstić information content (AvgIpc) is 3.13. The molecule has 0 spiro atoms. The van der Waals surface area contributed by atoms with E-state index in [1.807, 2.05) is 52.8 Å². The number of amides is 4. The number of benzene rings is 3. The molecule has 2 unspecified atom stereocenters. The minimum Gasteiger partial charge on any atom is -0.483 e. The van der Waals surface area contributed by atoms with Gasteiger partial charge in [0.05, 0.1) is 0 Å². The standard InChI is InChI=1S/C41H51FN4O8/c1-26(2)22-33(44-36(47)25-53-35-9-7-6-8-32(35)41(3,4)5)38(49)45-34(39(50)51)23-27-12-16-31(17-13-27)54-40(52)46-20-18-29(19-21-46)37(48)43-24-28-10-14-30(42)15-11-28/h6-17,26,29,33-34H,18-25H2,1-5H3,(H,43,48)(H,44,47)(H,45,49)(H,50,51). The molecule has 1 aliphatic heterocycles. The number of hydrogen-bond acceptors (Lipinski definition) is 7. The van der Waals surface area contributed by atoms with Crippen LogP contribution in [0.3, 0.4) is 0 Å². The zero-order chi connectivity index (χ0) is 39.4. The molecule has 4 amide bonds. The smallest absolute Gasteiger partial charge is 0.415 e. The monoisotopic (exact) mass is 746 g/mol. The number of nitrogens with one attached hydrogen (secondary N) is 3. The maximum absolute atomic E-state index is 13.3. The van der Waals surface area contributed by atoms with Crippen molar-refractivity contribution in [3.63, 3.8) is 0 Å². The lowest BCUT2D eigenvalue weighted by atomic mass is 9.86. The van der Waals surface area contributed by atoms with Crippen molar-refractivity contribution < 1.29 is 42.9 Å². The SMILES string of the molecule is CC(C)CC(NC(=O)COc1ccccc1C(C)(C)C)C(=O)NC(Cc1ccc(OC(=O)N2CCC(C(=O)NCc3ccc(F)cc3)CC2)cc1)C(=O)O. The Morgan fingerprint density at radius 1 is 0.870 bits per heavy atom. The fourth-order valence-electron chi connectivity index (χ4n) is 6.12. The Bertz CT molecular complexity index is 1750. The van der Waals surface area contributed by atoms with E-state index in [2.05, 4.69) is 16.0 Å². The molecule has 1 saturated heterocycles. The van der Waals surface area contributed by atoms with Gasteiger partial charge in [0.25, 0.3) is 5.91 Å². The van der Waals surface area contributed by atoms with Gasteiger partial charge in [0.1, 0.15) is 29.4 Å². The molecule has 1 fully saturated rings. The number of ether oxygens (including phenoxy) is 2. The number of carbonyl (C=O) groups excluding carboxylic acids is 4. The molecular weight excluding hydrogens is 695 g/mol. The predicted molar refractivity (Wildman–Crippen MR) is 200 cm³/mol. The highest BCUT2D eigenvalue weighted by Crippen LogP contribution is 2.31. The summed E-state index contributed by atoms with van der Waals surface area (Å²) < 4.78 is 24.5. The molecule has 1 aliphatic rings. The van der Waals surface area contributed by atoms with Gasteiger partial charge >= 0.3 is 12.1 Å². The molecule has 3 aromatic carbocycles. The van der Waals surface area contributed by atoms with Crippen molar-refractivity contribution in [2.45, 2.75) is 84.3 Å². The molecule has 13 heteroatoms. The minimum atomic E-state index is -1.29. The van der Waals surface area contributed by atoms with Crippen molar-refractivity contribution in [3.05, 3.63) is 95.3 Å². The van der Waals surface area contributed by atoms with Crippen LogP contribution in [-0.4, -0.2) is 71.6 Å². The number of likely N-dealkylation sites (tertiary alicyclic amines) is 1. The zero-order valence-corrected chi connectivity index (χ0v) is 31.5. The van der Waals surface area contributed by atoms with Crippen molar-refractivity contribution in [2.24, 2.45) is 11.8 Å². The summed E-state index contributed by atoms with van der Waals surface area (Å²) >= 11 is 0. The van der Waals surface area contributed by atoms with E-state index in [1.54, 1.807) is 42.5 Å². The van der Waals surface area contributed by atoms with Crippen LogP contribution in [0.5, 0.6) is 11.5 Å². The highest BCUT2D eigenvalue weighted by molar-refractivity contribution is 5.91. The number of nitrogens with zero attached hydrogens (tertiary/aromatic N) is 1. The van der Waals surface area contributed by atoms with Crippen molar-refractivity contribution in [3.8, 4) is 11.5 Å². The highest BCUT2D eigenvalue weighted by atomic mass is 19.1. The number of para-hydroxylation sites is 1. The quantitative estimate of drug-likeness (QED) is 0.161. The van der Waals surface area contributed by atoms with Crippen molar-refractivity contribution in [2.75, 3.05) is 19.7 Å². The summed E-state index contributed by atoms with van der Waals surface area (Å²) in [5.74, 6) is -2.26. The fourth-order valence-corrected chi connectivity index (χ4v) is 6.12. The molecule has 0 radical (unpaired) electrons. The van der Waals surface area contributed by atoms with Crippen molar-refractivity contribution in [1.29, 1.82) is 0 Å². The summed E-state index contributed by atoms with van der Waals surface area (Å²) in [6.07, 6.45) is 0.595. The summed E-state index contributed by atoms with van der Waals surface area (Å²) in [5.41, 5.74) is 2.09. The molecule has 1 heterocycles. The van der Waals surface area contributed by atoms with Gasteiger partial charge in [-0.15, -0.1) is 0 Å². The first-order valence-electron chi connectivity index (χ1n) is 18.2. The minimum absolute atomic E-state index is 0.0204. The summed E-state index contributed by atoms with van der Waals surface area (Å²) in [5, 5.41) is 18.1. The number of aliphatic carboxylic acids is 1. The van der Waals surface area contributed by atoms with Gasteiger partial charge in [0, 0.05) is 32.0 Å². The molecule has 12 nitrogen and oxygen atoms in total. The second-order valence-electron chi connectivity index (χ2n) is 15.0. The summed E-state index contributed by atoms with van der Waals surface area (Å²) in [6.45, 7) is 10.6. The Hall–Kier alpha value is -5.46. The number of rotatable bonds is 15. The third-order valence-corrected chi connectivity index (χ3v) is 9.10. The number of carboxylic acids is 1. The van der Waals surface area contributed by atoms with E-state index in [0.717, 1.165) is 11.1 Å². The van der Waals surface area contributed by atoms with Gasteiger partial charge in [-0.3, -0.25) is 14.4 Å². The number of hydrogen-bond donors (Lipinski definition) is 4. The van der Waals surface area contributed by atoms with Crippen LogP contribution in [0.1, 0.15) is 70.6 Å². The van der Waals surface area contributed by atoms with Crippen LogP contribution >= 0.6 is 0 Å². The Morgan fingerprint density at radius 3 is 2.11 bits per heavy atom. The van der Waals surface area contributed by atoms with Crippen LogP contribution < -0.4 is 25.4 Å². The molecule has 3 aromatic rings. The molecule has 4 N–H and O–H groups in total. The Balaban J connectivity index is 1.25. The molecule has 290 valence electrons. The summed E-state index contributed by atoms with van der Waals surface area (Å²) in [6, 6.07) is 17.4. The highest BCUT2D eigenvalue weighted by Gasteiger charge is 2.30. The Morgan fingerprint density at radius 2 is 1.50 bits per heavy atom.